The minimum absolute atomic E-state index is 0.0731. The number of anilines is 1. The van der Waals surface area contributed by atoms with E-state index in [1.54, 1.807) is 20.3 Å². The predicted molar refractivity (Wildman–Crippen MR) is 90.8 cm³/mol. The Morgan fingerprint density at radius 3 is 2.83 bits per heavy atom. The fourth-order valence-corrected chi connectivity index (χ4v) is 3.08. The number of nitrogens with zero attached hydrogens (tertiary/aromatic N) is 3. The number of rotatable bonds is 5. The van der Waals surface area contributed by atoms with Crippen LogP contribution in [0.1, 0.15) is 23.2 Å². The molecule has 0 bridgehead atoms. The van der Waals surface area contributed by atoms with Gasteiger partial charge in [-0.3, -0.25) is 4.79 Å². The topological polar surface area (TPSA) is 64.5 Å². The molecule has 126 valence electrons. The van der Waals surface area contributed by atoms with E-state index in [4.69, 9.17) is 9.47 Å². The van der Waals surface area contributed by atoms with Gasteiger partial charge in [0, 0.05) is 25.1 Å². The molecule has 3 rings (SSSR count). The highest BCUT2D eigenvalue weighted by Gasteiger charge is 2.29. The monoisotopic (exact) mass is 327 g/mol. The molecular formula is C18H21N3O3. The van der Waals surface area contributed by atoms with Crippen molar-refractivity contribution in [2.24, 2.45) is 5.92 Å². The average Bonchev–Trinajstić information content (AvgIpc) is 2.67. The van der Waals surface area contributed by atoms with Gasteiger partial charge < -0.3 is 14.4 Å². The lowest BCUT2D eigenvalue weighted by Crippen LogP contribution is -2.39. The van der Waals surface area contributed by atoms with Crippen LogP contribution in [-0.2, 0) is 0 Å². The Morgan fingerprint density at radius 1 is 1.21 bits per heavy atom. The quantitative estimate of drug-likeness (QED) is 0.787. The zero-order valence-electron chi connectivity index (χ0n) is 13.9. The van der Waals surface area contributed by atoms with Crippen molar-refractivity contribution in [1.82, 2.24) is 9.97 Å². The maximum atomic E-state index is 12.9. The van der Waals surface area contributed by atoms with E-state index in [1.807, 2.05) is 24.3 Å². The fraction of sp³-hybridized carbons (Fsp3) is 0.389. The number of ether oxygens (including phenoxy) is 2. The Kier molecular flexibility index (Phi) is 4.93. The van der Waals surface area contributed by atoms with E-state index in [1.165, 1.54) is 6.33 Å². The number of methoxy groups -OCH3 is 2. The van der Waals surface area contributed by atoms with Crippen LogP contribution in [0.4, 0.5) is 5.82 Å². The molecule has 0 aliphatic carbocycles. The molecule has 1 fully saturated rings. The summed E-state index contributed by atoms with van der Waals surface area (Å²) in [5.74, 6) is 2.00. The minimum Gasteiger partial charge on any atom is -0.496 e. The Labute approximate surface area is 141 Å². The van der Waals surface area contributed by atoms with Crippen molar-refractivity contribution in [3.8, 4) is 11.6 Å². The minimum atomic E-state index is -0.0731. The van der Waals surface area contributed by atoms with E-state index in [2.05, 4.69) is 14.9 Å². The van der Waals surface area contributed by atoms with Crippen molar-refractivity contribution in [3.63, 3.8) is 0 Å². The molecule has 0 radical (unpaired) electrons. The van der Waals surface area contributed by atoms with Gasteiger partial charge in [0.25, 0.3) is 0 Å². The Hall–Kier alpha value is -2.63. The van der Waals surface area contributed by atoms with Crippen LogP contribution in [0.2, 0.25) is 0 Å². The Balaban J connectivity index is 1.79. The highest BCUT2D eigenvalue weighted by atomic mass is 16.5. The van der Waals surface area contributed by atoms with Gasteiger partial charge in [0.2, 0.25) is 5.88 Å². The van der Waals surface area contributed by atoms with E-state index < -0.39 is 0 Å². The smallest absolute Gasteiger partial charge is 0.218 e. The van der Waals surface area contributed by atoms with Crippen molar-refractivity contribution >= 4 is 11.6 Å². The predicted octanol–water partition coefficient (Wildman–Crippen LogP) is 2.59. The number of piperidine rings is 1. The van der Waals surface area contributed by atoms with Crippen LogP contribution in [0.5, 0.6) is 11.6 Å². The van der Waals surface area contributed by atoms with Crippen LogP contribution in [0.15, 0.2) is 36.7 Å². The normalized spacial score (nSPS) is 17.4. The number of hydrogen-bond acceptors (Lipinski definition) is 6. The summed E-state index contributed by atoms with van der Waals surface area (Å²) in [6, 6.07) is 9.19. The molecule has 2 aromatic rings. The first-order valence-corrected chi connectivity index (χ1v) is 8.01. The number of ketones is 1. The van der Waals surface area contributed by atoms with Crippen LogP contribution in [0, 0.1) is 5.92 Å². The molecule has 1 aliphatic rings. The van der Waals surface area contributed by atoms with Gasteiger partial charge in [-0.15, -0.1) is 0 Å². The summed E-state index contributed by atoms with van der Waals surface area (Å²) < 4.78 is 10.5. The van der Waals surface area contributed by atoms with Gasteiger partial charge in [0.1, 0.15) is 17.9 Å². The number of benzene rings is 1. The number of aromatic nitrogens is 2. The average molecular weight is 327 g/mol. The van der Waals surface area contributed by atoms with Gasteiger partial charge in [-0.2, -0.15) is 0 Å². The first-order chi connectivity index (χ1) is 11.7. The standard InChI is InChI=1S/C18H21N3O3/c1-23-15-8-4-3-7-14(15)18(22)13-6-5-9-21(11-13)16-10-17(24-2)20-12-19-16/h3-4,7-8,10,12-13H,5-6,9,11H2,1-2H3/t13-/m1/s1. The van der Waals surface area contributed by atoms with E-state index >= 15 is 0 Å². The summed E-state index contributed by atoms with van der Waals surface area (Å²) >= 11 is 0. The molecular weight excluding hydrogens is 306 g/mol. The summed E-state index contributed by atoms with van der Waals surface area (Å²) in [7, 11) is 3.17. The van der Waals surface area contributed by atoms with Crippen LogP contribution < -0.4 is 14.4 Å². The van der Waals surface area contributed by atoms with Crippen molar-refractivity contribution in [2.75, 3.05) is 32.2 Å². The largest absolute Gasteiger partial charge is 0.496 e. The Morgan fingerprint density at radius 2 is 2.04 bits per heavy atom. The molecule has 6 nitrogen and oxygen atoms in total. The summed E-state index contributed by atoms with van der Waals surface area (Å²) in [5.41, 5.74) is 0.645. The van der Waals surface area contributed by atoms with E-state index in [9.17, 15) is 4.79 Å². The summed E-state index contributed by atoms with van der Waals surface area (Å²) in [6.45, 7) is 1.51. The van der Waals surface area contributed by atoms with Gasteiger partial charge in [-0.05, 0) is 25.0 Å². The van der Waals surface area contributed by atoms with Gasteiger partial charge in [0.05, 0.1) is 19.8 Å². The second kappa shape index (κ2) is 7.29. The summed E-state index contributed by atoms with van der Waals surface area (Å²) in [5, 5.41) is 0. The number of hydrogen-bond donors (Lipinski definition) is 0. The molecule has 0 unspecified atom stereocenters. The molecule has 1 aromatic carbocycles. The highest BCUT2D eigenvalue weighted by Crippen LogP contribution is 2.28. The third-order valence-corrected chi connectivity index (χ3v) is 4.33. The maximum Gasteiger partial charge on any atom is 0.218 e. The van der Waals surface area contributed by atoms with Gasteiger partial charge in [-0.1, -0.05) is 12.1 Å². The van der Waals surface area contributed by atoms with Crippen molar-refractivity contribution in [1.29, 1.82) is 0 Å². The lowest BCUT2D eigenvalue weighted by molar-refractivity contribution is 0.0904. The van der Waals surface area contributed by atoms with Crippen molar-refractivity contribution < 1.29 is 14.3 Å². The molecule has 0 N–H and O–H groups in total. The molecule has 24 heavy (non-hydrogen) atoms. The molecule has 2 heterocycles. The molecule has 1 atom stereocenters. The van der Waals surface area contributed by atoms with Crippen LogP contribution in [0.25, 0.3) is 0 Å². The van der Waals surface area contributed by atoms with Crippen LogP contribution >= 0.6 is 0 Å². The second-order valence-electron chi connectivity index (χ2n) is 5.77. The fourth-order valence-electron chi connectivity index (χ4n) is 3.08. The second-order valence-corrected chi connectivity index (χ2v) is 5.77. The van der Waals surface area contributed by atoms with Crippen LogP contribution in [0.3, 0.4) is 0 Å². The zero-order chi connectivity index (χ0) is 16.9. The summed E-state index contributed by atoms with van der Waals surface area (Å²) in [6.07, 6.45) is 3.30. The lowest BCUT2D eigenvalue weighted by Gasteiger charge is -2.33. The van der Waals surface area contributed by atoms with Crippen molar-refractivity contribution in [2.45, 2.75) is 12.8 Å². The van der Waals surface area contributed by atoms with E-state index in [0.29, 0.717) is 23.7 Å². The molecule has 0 amide bonds. The maximum absolute atomic E-state index is 12.9. The first-order valence-electron chi connectivity index (χ1n) is 8.01. The van der Waals surface area contributed by atoms with Crippen molar-refractivity contribution in [3.05, 3.63) is 42.2 Å². The molecule has 6 heteroatoms. The number of carbonyl (C=O) groups is 1. The van der Waals surface area contributed by atoms with E-state index in [0.717, 1.165) is 25.2 Å². The van der Waals surface area contributed by atoms with Gasteiger partial charge in [-0.25, -0.2) is 9.97 Å². The SMILES string of the molecule is COc1cc(N2CCC[C@@H](C(=O)c3ccccc3OC)C2)ncn1. The number of para-hydroxylation sites is 1. The number of Topliss-reactive ketones (excluding diaryl/α,β-unsaturated/α-hetero) is 1. The Bertz CT molecular complexity index is 720. The zero-order valence-corrected chi connectivity index (χ0v) is 13.9. The lowest BCUT2D eigenvalue weighted by atomic mass is 9.89. The van der Waals surface area contributed by atoms with Crippen LogP contribution in [-0.4, -0.2) is 43.1 Å². The highest BCUT2D eigenvalue weighted by molar-refractivity contribution is 6.00. The third-order valence-electron chi connectivity index (χ3n) is 4.33. The summed E-state index contributed by atoms with van der Waals surface area (Å²) in [4.78, 5) is 23.4. The molecule has 0 spiro atoms. The molecule has 1 saturated heterocycles. The molecule has 0 saturated carbocycles. The molecule has 1 aromatic heterocycles. The van der Waals surface area contributed by atoms with Gasteiger partial charge in [0.15, 0.2) is 5.78 Å². The van der Waals surface area contributed by atoms with E-state index in [-0.39, 0.29) is 11.7 Å². The number of carbonyl (C=O) groups excluding carboxylic acids is 1. The first kappa shape index (κ1) is 16.2. The molecule has 1 aliphatic heterocycles. The van der Waals surface area contributed by atoms with Gasteiger partial charge >= 0.3 is 0 Å². The third kappa shape index (κ3) is 3.32.